The summed E-state index contributed by atoms with van der Waals surface area (Å²) >= 11 is 0. The maximum atomic E-state index is 11.2. The van der Waals surface area contributed by atoms with Crippen LogP contribution in [0, 0.1) is 5.92 Å². The van der Waals surface area contributed by atoms with Crippen LogP contribution in [0.5, 0.6) is 0 Å². The zero-order valence-electron chi connectivity index (χ0n) is 8.22. The highest BCUT2D eigenvalue weighted by Crippen LogP contribution is 2.27. The van der Waals surface area contributed by atoms with E-state index in [-0.39, 0.29) is 0 Å². The van der Waals surface area contributed by atoms with E-state index in [4.69, 9.17) is 0 Å². The zero-order valence-corrected chi connectivity index (χ0v) is 8.22. The summed E-state index contributed by atoms with van der Waals surface area (Å²) in [4.78, 5) is 11.2. The maximum absolute atomic E-state index is 11.2. The molecule has 1 rings (SSSR count). The molecule has 0 radical (unpaired) electrons. The van der Waals surface area contributed by atoms with Gasteiger partial charge in [0.2, 0.25) is 0 Å². The lowest BCUT2D eigenvalue weighted by atomic mass is 10.2. The van der Waals surface area contributed by atoms with Gasteiger partial charge in [0, 0.05) is 6.42 Å². The van der Waals surface area contributed by atoms with Gasteiger partial charge in [-0.05, 0) is 38.1 Å². The van der Waals surface area contributed by atoms with Crippen LogP contribution in [0.3, 0.4) is 0 Å². The number of nitrogens with one attached hydrogen (secondary N) is 1. The number of rotatable bonds is 8. The minimum Gasteiger partial charge on any atom is -0.310 e. The van der Waals surface area contributed by atoms with Crippen molar-refractivity contribution in [3.8, 4) is 0 Å². The highest BCUT2D eigenvalue weighted by atomic mass is 16.1. The van der Waals surface area contributed by atoms with Gasteiger partial charge >= 0.3 is 0 Å². The molecule has 0 bridgehead atoms. The van der Waals surface area contributed by atoms with Crippen LogP contribution in [-0.2, 0) is 4.79 Å². The lowest BCUT2D eigenvalue weighted by Gasteiger charge is -2.01. The first kappa shape index (κ1) is 10.5. The van der Waals surface area contributed by atoms with Crippen molar-refractivity contribution in [2.75, 3.05) is 13.1 Å². The fraction of sp³-hybridized carbons (Fsp3) is 0.727. The van der Waals surface area contributed by atoms with Crippen LogP contribution >= 0.6 is 0 Å². The van der Waals surface area contributed by atoms with Crippen molar-refractivity contribution >= 4 is 5.78 Å². The summed E-state index contributed by atoms with van der Waals surface area (Å²) in [7, 11) is 0. The molecule has 0 atom stereocenters. The third kappa shape index (κ3) is 5.58. The second-order valence-electron chi connectivity index (χ2n) is 3.79. The summed E-state index contributed by atoms with van der Waals surface area (Å²) < 4.78 is 0. The SMILES string of the molecule is C=CCCCC(=O)CNCC1CC1. The molecule has 0 aliphatic heterocycles. The number of ketones is 1. The first-order valence-corrected chi connectivity index (χ1v) is 5.16. The van der Waals surface area contributed by atoms with Crippen molar-refractivity contribution in [3.05, 3.63) is 12.7 Å². The first-order valence-electron chi connectivity index (χ1n) is 5.16. The van der Waals surface area contributed by atoms with E-state index >= 15 is 0 Å². The van der Waals surface area contributed by atoms with Crippen molar-refractivity contribution in [3.63, 3.8) is 0 Å². The summed E-state index contributed by atoms with van der Waals surface area (Å²) in [5.41, 5.74) is 0. The highest BCUT2D eigenvalue weighted by Gasteiger charge is 2.20. The lowest BCUT2D eigenvalue weighted by Crippen LogP contribution is -2.24. The third-order valence-electron chi connectivity index (χ3n) is 2.32. The standard InChI is InChI=1S/C11H19NO/c1-2-3-4-5-11(13)9-12-8-10-6-7-10/h2,10,12H,1,3-9H2. The van der Waals surface area contributed by atoms with Crippen LogP contribution in [0.25, 0.3) is 0 Å². The predicted molar refractivity (Wildman–Crippen MR) is 54.6 cm³/mol. The monoisotopic (exact) mass is 181 g/mol. The van der Waals surface area contributed by atoms with Gasteiger partial charge in [0.1, 0.15) is 5.78 Å². The zero-order chi connectivity index (χ0) is 9.52. The minimum atomic E-state index is 0.336. The van der Waals surface area contributed by atoms with Crippen LogP contribution in [-0.4, -0.2) is 18.9 Å². The van der Waals surface area contributed by atoms with Crippen LogP contribution < -0.4 is 5.32 Å². The molecule has 0 aromatic heterocycles. The van der Waals surface area contributed by atoms with Gasteiger partial charge in [0.15, 0.2) is 0 Å². The molecule has 2 nitrogen and oxygen atoms in total. The smallest absolute Gasteiger partial charge is 0.146 e. The Bertz CT molecular complexity index is 173. The topological polar surface area (TPSA) is 29.1 Å². The molecule has 0 unspecified atom stereocenters. The molecule has 0 heterocycles. The van der Waals surface area contributed by atoms with Crippen molar-refractivity contribution in [1.82, 2.24) is 5.32 Å². The van der Waals surface area contributed by atoms with Crippen LogP contribution in [0.4, 0.5) is 0 Å². The molecule has 74 valence electrons. The second kappa shape index (κ2) is 5.92. The van der Waals surface area contributed by atoms with Crippen LogP contribution in [0.2, 0.25) is 0 Å². The lowest BCUT2D eigenvalue weighted by molar-refractivity contribution is -0.118. The Labute approximate surface area is 80.4 Å². The number of hydrogen-bond acceptors (Lipinski definition) is 2. The van der Waals surface area contributed by atoms with E-state index in [0.29, 0.717) is 18.7 Å². The quantitative estimate of drug-likeness (QED) is 0.458. The minimum absolute atomic E-state index is 0.336. The first-order chi connectivity index (χ1) is 6.33. The number of unbranched alkanes of at least 4 members (excludes halogenated alkanes) is 1. The average molecular weight is 181 g/mol. The summed E-state index contributed by atoms with van der Waals surface area (Å²) in [6, 6.07) is 0. The van der Waals surface area contributed by atoms with Gasteiger partial charge < -0.3 is 5.32 Å². The highest BCUT2D eigenvalue weighted by molar-refractivity contribution is 5.80. The molecule has 0 aromatic carbocycles. The van der Waals surface area contributed by atoms with E-state index in [1.54, 1.807) is 0 Å². The molecule has 1 aliphatic carbocycles. The maximum Gasteiger partial charge on any atom is 0.146 e. The third-order valence-corrected chi connectivity index (χ3v) is 2.32. The molecular weight excluding hydrogens is 162 g/mol. The summed E-state index contributed by atoms with van der Waals surface area (Å²) in [6.45, 7) is 5.22. The number of carbonyl (C=O) groups is 1. The Morgan fingerprint density at radius 3 is 2.92 bits per heavy atom. The van der Waals surface area contributed by atoms with Gasteiger partial charge in [0.25, 0.3) is 0 Å². The Morgan fingerprint density at radius 2 is 2.31 bits per heavy atom. The molecule has 0 aromatic rings. The van der Waals surface area contributed by atoms with Crippen molar-refractivity contribution in [1.29, 1.82) is 0 Å². The van der Waals surface area contributed by atoms with Crippen molar-refractivity contribution < 1.29 is 4.79 Å². The molecule has 1 aliphatic rings. The molecule has 0 saturated heterocycles. The fourth-order valence-corrected chi connectivity index (χ4v) is 1.27. The van der Waals surface area contributed by atoms with Gasteiger partial charge in [-0.25, -0.2) is 0 Å². The van der Waals surface area contributed by atoms with E-state index in [2.05, 4.69) is 11.9 Å². The summed E-state index contributed by atoms with van der Waals surface area (Å²) in [5.74, 6) is 1.20. The van der Waals surface area contributed by atoms with Gasteiger partial charge in [-0.15, -0.1) is 6.58 Å². The molecule has 0 spiro atoms. The normalized spacial score (nSPS) is 15.7. The van der Waals surface area contributed by atoms with Crippen LogP contribution in [0.1, 0.15) is 32.1 Å². The summed E-state index contributed by atoms with van der Waals surface area (Å²) in [6.07, 6.45) is 7.16. The summed E-state index contributed by atoms with van der Waals surface area (Å²) in [5, 5.41) is 3.20. The Kier molecular flexibility index (Phi) is 4.76. The molecule has 0 amide bonds. The number of allylic oxidation sites excluding steroid dienone is 1. The van der Waals surface area contributed by atoms with E-state index in [0.717, 1.165) is 25.3 Å². The van der Waals surface area contributed by atoms with E-state index in [1.807, 2.05) is 6.08 Å². The number of carbonyl (C=O) groups excluding carboxylic acids is 1. The van der Waals surface area contributed by atoms with E-state index < -0.39 is 0 Å². The van der Waals surface area contributed by atoms with Crippen LogP contribution in [0.15, 0.2) is 12.7 Å². The Hall–Kier alpha value is -0.630. The second-order valence-corrected chi connectivity index (χ2v) is 3.79. The van der Waals surface area contributed by atoms with E-state index in [1.165, 1.54) is 12.8 Å². The van der Waals surface area contributed by atoms with Gasteiger partial charge in [-0.1, -0.05) is 6.08 Å². The number of Topliss-reactive ketones (excluding diaryl/α,β-unsaturated/α-hetero) is 1. The van der Waals surface area contributed by atoms with Crippen molar-refractivity contribution in [2.45, 2.75) is 32.1 Å². The van der Waals surface area contributed by atoms with Crippen molar-refractivity contribution in [2.24, 2.45) is 5.92 Å². The predicted octanol–water partition coefficient (Wildman–Crippen LogP) is 1.91. The van der Waals surface area contributed by atoms with E-state index in [9.17, 15) is 4.79 Å². The average Bonchev–Trinajstić information content (AvgIpc) is 2.89. The fourth-order valence-electron chi connectivity index (χ4n) is 1.27. The largest absolute Gasteiger partial charge is 0.310 e. The molecule has 1 fully saturated rings. The molecule has 2 heteroatoms. The number of hydrogen-bond donors (Lipinski definition) is 1. The molecule has 13 heavy (non-hydrogen) atoms. The molecule has 1 N–H and O–H groups in total. The van der Waals surface area contributed by atoms with Gasteiger partial charge in [0.05, 0.1) is 6.54 Å². The Morgan fingerprint density at radius 1 is 1.54 bits per heavy atom. The Balaban J connectivity index is 1.87. The molecular formula is C11H19NO. The van der Waals surface area contributed by atoms with Gasteiger partial charge in [-0.2, -0.15) is 0 Å². The molecule has 1 saturated carbocycles. The van der Waals surface area contributed by atoms with Gasteiger partial charge in [-0.3, -0.25) is 4.79 Å².